The molecule has 1 saturated heterocycles. The second kappa shape index (κ2) is 11.0. The zero-order valence-corrected chi connectivity index (χ0v) is 21.3. The molecule has 0 bridgehead atoms. The summed E-state index contributed by atoms with van der Waals surface area (Å²) in [4.78, 5) is 32.7. The van der Waals surface area contributed by atoms with Gasteiger partial charge in [0, 0.05) is 17.1 Å². The van der Waals surface area contributed by atoms with Gasteiger partial charge in [0.05, 0.1) is 19.3 Å². The van der Waals surface area contributed by atoms with Gasteiger partial charge in [-0.1, -0.05) is 53.2 Å². The molecule has 1 atom stereocenters. The predicted molar refractivity (Wildman–Crippen MR) is 143 cm³/mol. The summed E-state index contributed by atoms with van der Waals surface area (Å²) in [6, 6.07) is 20.4. The van der Waals surface area contributed by atoms with E-state index in [1.807, 2.05) is 56.3 Å². The van der Waals surface area contributed by atoms with E-state index in [0.29, 0.717) is 22.4 Å². The van der Waals surface area contributed by atoms with Gasteiger partial charge in [-0.3, -0.25) is 14.5 Å². The summed E-state index contributed by atoms with van der Waals surface area (Å²) in [5, 5.41) is 3.46. The van der Waals surface area contributed by atoms with E-state index in [-0.39, 0.29) is 18.2 Å². The molecule has 0 spiro atoms. The Kier molecular flexibility index (Phi) is 7.78. The third-order valence-electron chi connectivity index (χ3n) is 5.62. The molecule has 6 nitrogen and oxygen atoms in total. The largest absolute Gasteiger partial charge is 0.497 e. The van der Waals surface area contributed by atoms with Gasteiger partial charge in [-0.25, -0.2) is 4.99 Å². The molecule has 4 rings (SSSR count). The number of benzene rings is 3. The summed E-state index contributed by atoms with van der Waals surface area (Å²) in [6.45, 7) is 4.30. The van der Waals surface area contributed by atoms with Gasteiger partial charge in [0.1, 0.15) is 11.0 Å². The third-order valence-corrected chi connectivity index (χ3v) is 7.06. The molecule has 1 unspecified atom stereocenters. The number of aryl methyl sites for hydroxylation is 2. The number of rotatable bonds is 6. The number of carbonyl (C=O) groups excluding carboxylic acids is 2. The van der Waals surface area contributed by atoms with E-state index < -0.39 is 5.25 Å². The van der Waals surface area contributed by atoms with Crippen LogP contribution in [0.2, 0.25) is 5.02 Å². The molecular weight excluding hydrogens is 482 g/mol. The van der Waals surface area contributed by atoms with E-state index in [1.165, 1.54) is 11.8 Å². The van der Waals surface area contributed by atoms with Crippen LogP contribution in [0.25, 0.3) is 0 Å². The first kappa shape index (κ1) is 24.8. The second-order valence-corrected chi connectivity index (χ2v) is 9.92. The molecule has 1 aliphatic rings. The molecule has 3 aromatic carbocycles. The SMILES string of the molecule is COc1ccc(CN2C(=O)CC(C(=O)Nc3ccc(C)cc3C)SC2=Nc2ccc(Cl)cc2)cc1. The summed E-state index contributed by atoms with van der Waals surface area (Å²) >= 11 is 7.31. The van der Waals surface area contributed by atoms with Gasteiger partial charge >= 0.3 is 0 Å². The maximum atomic E-state index is 13.3. The Balaban J connectivity index is 1.59. The topological polar surface area (TPSA) is 71.0 Å². The molecular formula is C27H26ClN3O3S. The fourth-order valence-electron chi connectivity index (χ4n) is 3.70. The number of hydrogen-bond donors (Lipinski definition) is 1. The van der Waals surface area contributed by atoms with Crippen LogP contribution in [0.5, 0.6) is 5.75 Å². The lowest BCUT2D eigenvalue weighted by molar-refractivity contribution is -0.129. The van der Waals surface area contributed by atoms with Gasteiger partial charge in [0.25, 0.3) is 0 Å². The van der Waals surface area contributed by atoms with Crippen LogP contribution in [0.1, 0.15) is 23.1 Å². The number of hydrogen-bond acceptors (Lipinski definition) is 5. The summed E-state index contributed by atoms with van der Waals surface area (Å²) in [7, 11) is 1.61. The number of amidine groups is 1. The number of ether oxygens (including phenoxy) is 1. The van der Waals surface area contributed by atoms with Crippen LogP contribution in [0.3, 0.4) is 0 Å². The van der Waals surface area contributed by atoms with Crippen LogP contribution < -0.4 is 10.1 Å². The lowest BCUT2D eigenvalue weighted by Crippen LogP contribution is -2.44. The van der Waals surface area contributed by atoms with Crippen molar-refractivity contribution in [3.05, 3.63) is 88.4 Å². The number of nitrogens with one attached hydrogen (secondary N) is 1. The van der Waals surface area contributed by atoms with Crippen LogP contribution in [-0.2, 0) is 16.1 Å². The van der Waals surface area contributed by atoms with Gasteiger partial charge in [0.2, 0.25) is 11.8 Å². The highest BCUT2D eigenvalue weighted by molar-refractivity contribution is 8.15. The number of methoxy groups -OCH3 is 1. The molecule has 8 heteroatoms. The normalized spacial score (nSPS) is 16.9. The van der Waals surface area contributed by atoms with Gasteiger partial charge in [0.15, 0.2) is 5.17 Å². The zero-order valence-electron chi connectivity index (χ0n) is 19.7. The average Bonchev–Trinajstić information content (AvgIpc) is 2.84. The van der Waals surface area contributed by atoms with Gasteiger partial charge < -0.3 is 10.1 Å². The molecule has 0 radical (unpaired) electrons. The summed E-state index contributed by atoms with van der Waals surface area (Å²) in [5.74, 6) is 0.363. The number of carbonyl (C=O) groups is 2. The van der Waals surface area contributed by atoms with Gasteiger partial charge in [-0.05, 0) is 67.4 Å². The maximum Gasteiger partial charge on any atom is 0.238 e. The van der Waals surface area contributed by atoms with E-state index >= 15 is 0 Å². The van der Waals surface area contributed by atoms with E-state index in [0.717, 1.165) is 28.1 Å². The number of anilines is 1. The van der Waals surface area contributed by atoms with E-state index in [4.69, 9.17) is 21.3 Å². The van der Waals surface area contributed by atoms with E-state index in [9.17, 15) is 9.59 Å². The lowest BCUT2D eigenvalue weighted by Gasteiger charge is -2.32. The highest BCUT2D eigenvalue weighted by Crippen LogP contribution is 2.32. The Morgan fingerprint density at radius 3 is 2.49 bits per heavy atom. The number of nitrogens with zero attached hydrogens (tertiary/aromatic N) is 2. The minimum Gasteiger partial charge on any atom is -0.497 e. The molecule has 2 amide bonds. The molecule has 0 aromatic heterocycles. The first-order chi connectivity index (χ1) is 16.8. The van der Waals surface area contributed by atoms with Crippen molar-refractivity contribution in [3.8, 4) is 5.75 Å². The molecule has 1 fully saturated rings. The van der Waals surface area contributed by atoms with E-state index in [2.05, 4.69) is 5.32 Å². The summed E-state index contributed by atoms with van der Waals surface area (Å²) in [6.07, 6.45) is 0.0806. The Morgan fingerprint density at radius 2 is 1.83 bits per heavy atom. The van der Waals surface area contributed by atoms with Crippen molar-refractivity contribution >= 4 is 51.7 Å². The molecule has 180 valence electrons. The fraction of sp³-hybridized carbons (Fsp3) is 0.222. The summed E-state index contributed by atoms with van der Waals surface area (Å²) in [5.41, 5.74) is 4.42. The number of amides is 2. The van der Waals surface area contributed by atoms with Crippen LogP contribution in [0, 0.1) is 13.8 Å². The Hall–Kier alpha value is -3.29. The molecule has 0 aliphatic carbocycles. The van der Waals surface area contributed by atoms with Crippen LogP contribution in [0.4, 0.5) is 11.4 Å². The molecule has 35 heavy (non-hydrogen) atoms. The van der Waals surface area contributed by atoms with E-state index in [1.54, 1.807) is 36.3 Å². The van der Waals surface area contributed by atoms with Crippen molar-refractivity contribution in [2.75, 3.05) is 12.4 Å². The zero-order chi connectivity index (χ0) is 24.9. The fourth-order valence-corrected chi connectivity index (χ4v) is 4.93. The Labute approximate surface area is 214 Å². The Bertz CT molecular complexity index is 1260. The predicted octanol–water partition coefficient (Wildman–Crippen LogP) is 6.13. The monoisotopic (exact) mass is 507 g/mol. The second-order valence-electron chi connectivity index (χ2n) is 8.32. The Morgan fingerprint density at radius 1 is 1.11 bits per heavy atom. The van der Waals surface area contributed by atoms with Crippen LogP contribution in [-0.4, -0.2) is 34.2 Å². The molecule has 0 saturated carbocycles. The number of halogens is 1. The van der Waals surface area contributed by atoms with Gasteiger partial charge in [-0.2, -0.15) is 0 Å². The van der Waals surface area contributed by atoms with Crippen molar-refractivity contribution in [2.45, 2.75) is 32.1 Å². The summed E-state index contributed by atoms with van der Waals surface area (Å²) < 4.78 is 5.23. The van der Waals surface area contributed by atoms with Crippen molar-refractivity contribution in [3.63, 3.8) is 0 Å². The van der Waals surface area contributed by atoms with Crippen molar-refractivity contribution in [2.24, 2.45) is 4.99 Å². The van der Waals surface area contributed by atoms with Crippen molar-refractivity contribution < 1.29 is 14.3 Å². The molecule has 1 aliphatic heterocycles. The smallest absolute Gasteiger partial charge is 0.238 e. The minimum atomic E-state index is -0.596. The first-order valence-electron chi connectivity index (χ1n) is 11.1. The van der Waals surface area contributed by atoms with Gasteiger partial charge in [-0.15, -0.1) is 0 Å². The van der Waals surface area contributed by atoms with Crippen molar-refractivity contribution in [1.29, 1.82) is 0 Å². The molecule has 1 heterocycles. The highest BCUT2D eigenvalue weighted by Gasteiger charge is 2.36. The minimum absolute atomic E-state index is 0.0806. The average molecular weight is 508 g/mol. The molecule has 3 aromatic rings. The van der Waals surface area contributed by atoms with Crippen LogP contribution in [0.15, 0.2) is 71.7 Å². The van der Waals surface area contributed by atoms with Crippen LogP contribution >= 0.6 is 23.4 Å². The lowest BCUT2D eigenvalue weighted by atomic mass is 10.1. The number of aliphatic imine (C=N–C) groups is 1. The highest BCUT2D eigenvalue weighted by atomic mass is 35.5. The van der Waals surface area contributed by atoms with Crippen molar-refractivity contribution in [1.82, 2.24) is 4.90 Å². The third kappa shape index (κ3) is 6.24. The molecule has 1 N–H and O–H groups in total. The standard InChI is InChI=1S/C27H26ClN3O3S/c1-17-4-13-23(18(2)14-17)30-26(33)24-15-25(32)31(16-19-5-11-22(34-3)12-6-19)27(35-24)29-21-9-7-20(28)8-10-21/h4-14,24H,15-16H2,1-3H3,(H,30,33). The number of thioether (sulfide) groups is 1. The maximum absolute atomic E-state index is 13.3. The first-order valence-corrected chi connectivity index (χ1v) is 12.4. The quantitative estimate of drug-likeness (QED) is 0.436.